The number of carboxylic acid groups (broad SMARTS) is 1. The van der Waals surface area contributed by atoms with Gasteiger partial charge in [-0.15, -0.1) is 5.54 Å². The zero-order chi connectivity index (χ0) is 22.0. The van der Waals surface area contributed by atoms with Gasteiger partial charge in [-0.25, -0.2) is 18.6 Å². The highest BCUT2D eigenvalue weighted by molar-refractivity contribution is 6.90. The van der Waals surface area contributed by atoms with E-state index in [4.69, 9.17) is 0 Å². The number of aromatic carboxylic acids is 1. The van der Waals surface area contributed by atoms with E-state index in [0.717, 1.165) is 0 Å². The van der Waals surface area contributed by atoms with Crippen molar-refractivity contribution < 1.29 is 18.7 Å². The van der Waals surface area contributed by atoms with Gasteiger partial charge in [0.15, 0.2) is 0 Å². The average molecular weight is 423 g/mol. The van der Waals surface area contributed by atoms with Crippen LogP contribution in [0.15, 0.2) is 12.1 Å². The molecule has 0 bridgehead atoms. The number of carboxylic acids is 1. The number of anilines is 1. The van der Waals surface area contributed by atoms with E-state index >= 15 is 0 Å². The summed E-state index contributed by atoms with van der Waals surface area (Å²) in [6, 6.07) is 2.94. The van der Waals surface area contributed by atoms with Crippen LogP contribution in [-0.2, 0) is 0 Å². The van der Waals surface area contributed by atoms with Crippen LogP contribution in [0.25, 0.3) is 0 Å². The molecule has 0 spiro atoms. The molecular formula is C22H32F2N2O2Si. The third kappa shape index (κ3) is 5.16. The maximum atomic E-state index is 13.5. The first-order chi connectivity index (χ1) is 13.4. The number of rotatable bonds is 5. The molecule has 0 aliphatic carbocycles. The van der Waals surface area contributed by atoms with E-state index in [-0.39, 0.29) is 31.5 Å². The van der Waals surface area contributed by atoms with Gasteiger partial charge in [-0.05, 0) is 28.8 Å². The van der Waals surface area contributed by atoms with Crippen molar-refractivity contribution in [3.05, 3.63) is 23.4 Å². The molecule has 1 aliphatic rings. The molecule has 0 atom stereocenters. The Morgan fingerprint density at radius 3 is 2.07 bits per heavy atom. The van der Waals surface area contributed by atoms with Crippen molar-refractivity contribution >= 4 is 19.9 Å². The second-order valence-corrected chi connectivity index (χ2v) is 14.5. The SMILES string of the molecule is CC(C)[Si](C#Cc1cc(C(=O)O)cc(N2CCC(F)(F)CC2)n1)(C(C)C)C(C)C. The minimum atomic E-state index is -2.67. The Bertz CT molecular complexity index is 781. The number of carbonyl (C=O) groups is 1. The Kier molecular flexibility index (Phi) is 7.10. The number of halogens is 2. The van der Waals surface area contributed by atoms with Gasteiger partial charge in [-0.1, -0.05) is 47.5 Å². The molecule has 0 saturated carbocycles. The molecule has 0 aromatic carbocycles. The number of hydrogen-bond donors (Lipinski definition) is 1. The van der Waals surface area contributed by atoms with Gasteiger partial charge in [-0.2, -0.15) is 0 Å². The Morgan fingerprint density at radius 2 is 1.62 bits per heavy atom. The number of aromatic nitrogens is 1. The first kappa shape index (κ1) is 23.3. The third-order valence-electron chi connectivity index (χ3n) is 6.15. The van der Waals surface area contributed by atoms with Gasteiger partial charge in [0, 0.05) is 25.9 Å². The average Bonchev–Trinajstić information content (AvgIpc) is 2.61. The van der Waals surface area contributed by atoms with Gasteiger partial charge in [-0.3, -0.25) is 0 Å². The molecule has 1 N–H and O–H groups in total. The zero-order valence-electron chi connectivity index (χ0n) is 18.2. The predicted octanol–water partition coefficient (Wildman–Crippen LogP) is 5.58. The lowest BCUT2D eigenvalue weighted by Crippen LogP contribution is -2.43. The number of alkyl halides is 2. The summed E-state index contributed by atoms with van der Waals surface area (Å²) in [5, 5.41) is 9.50. The van der Waals surface area contributed by atoms with E-state index in [9.17, 15) is 18.7 Å². The summed E-state index contributed by atoms with van der Waals surface area (Å²) < 4.78 is 27.0. The number of nitrogens with zero attached hydrogens (tertiary/aromatic N) is 2. The Hall–Kier alpha value is -1.94. The van der Waals surface area contributed by atoms with Crippen LogP contribution in [0.1, 0.15) is 70.4 Å². The lowest BCUT2D eigenvalue weighted by Gasteiger charge is -2.38. The van der Waals surface area contributed by atoms with Gasteiger partial charge < -0.3 is 10.0 Å². The summed E-state index contributed by atoms with van der Waals surface area (Å²) in [7, 11) is -1.99. The quantitative estimate of drug-likeness (QED) is 0.497. The van der Waals surface area contributed by atoms with Crippen molar-refractivity contribution in [2.45, 2.75) is 76.9 Å². The largest absolute Gasteiger partial charge is 0.478 e. The fourth-order valence-electron chi connectivity index (χ4n) is 4.53. The zero-order valence-corrected chi connectivity index (χ0v) is 19.2. The molecule has 1 aromatic heterocycles. The van der Waals surface area contributed by atoms with Crippen molar-refractivity contribution in [3.8, 4) is 11.5 Å². The van der Waals surface area contributed by atoms with E-state index in [1.807, 2.05) is 0 Å². The van der Waals surface area contributed by atoms with Gasteiger partial charge >= 0.3 is 5.97 Å². The van der Waals surface area contributed by atoms with Gasteiger partial charge in [0.2, 0.25) is 0 Å². The van der Waals surface area contributed by atoms with Crippen LogP contribution in [0.5, 0.6) is 0 Å². The summed E-state index contributed by atoms with van der Waals surface area (Å²) in [4.78, 5) is 17.9. The standard InChI is InChI=1S/C22H32F2N2O2Si/c1-15(2)29(16(3)4,17(5)6)12-7-19-13-18(21(27)28)14-20(25-19)26-10-8-22(23,24)9-11-26/h13-17H,8-11H2,1-6H3,(H,27,28). The molecule has 1 aliphatic heterocycles. The van der Waals surface area contributed by atoms with Gasteiger partial charge in [0.25, 0.3) is 5.92 Å². The lowest BCUT2D eigenvalue weighted by atomic mass is 10.1. The van der Waals surface area contributed by atoms with E-state index in [0.29, 0.717) is 28.1 Å². The van der Waals surface area contributed by atoms with Crippen LogP contribution in [0.4, 0.5) is 14.6 Å². The summed E-state index contributed by atoms with van der Waals surface area (Å²) >= 11 is 0. The second-order valence-electron chi connectivity index (χ2n) is 8.89. The van der Waals surface area contributed by atoms with Crippen molar-refractivity contribution in [2.75, 3.05) is 18.0 Å². The molecule has 2 rings (SSSR count). The molecule has 0 radical (unpaired) electrons. The van der Waals surface area contributed by atoms with Crippen LogP contribution in [0.2, 0.25) is 16.6 Å². The normalized spacial score (nSPS) is 16.9. The molecule has 1 aromatic rings. The molecular weight excluding hydrogens is 390 g/mol. The molecule has 4 nitrogen and oxygen atoms in total. The predicted molar refractivity (Wildman–Crippen MR) is 116 cm³/mol. The summed E-state index contributed by atoms with van der Waals surface area (Å²) in [5.74, 6) is -0.141. The summed E-state index contributed by atoms with van der Waals surface area (Å²) in [5.41, 5.74) is 5.37. The molecule has 29 heavy (non-hydrogen) atoms. The molecule has 7 heteroatoms. The minimum Gasteiger partial charge on any atom is -0.478 e. The van der Waals surface area contributed by atoms with Gasteiger partial charge in [0.05, 0.1) is 5.56 Å². The Morgan fingerprint density at radius 1 is 1.10 bits per heavy atom. The maximum Gasteiger partial charge on any atom is 0.335 e. The van der Waals surface area contributed by atoms with Crippen LogP contribution >= 0.6 is 0 Å². The summed E-state index contributed by atoms with van der Waals surface area (Å²) in [6.07, 6.45) is -0.506. The van der Waals surface area contributed by atoms with Crippen molar-refractivity contribution in [3.63, 3.8) is 0 Å². The highest BCUT2D eigenvalue weighted by Crippen LogP contribution is 2.40. The Balaban J connectivity index is 2.48. The van der Waals surface area contributed by atoms with Crippen LogP contribution in [0.3, 0.4) is 0 Å². The first-order valence-corrected chi connectivity index (χ1v) is 12.5. The second kappa shape index (κ2) is 8.82. The number of pyridine rings is 1. The van der Waals surface area contributed by atoms with E-state index < -0.39 is 20.0 Å². The van der Waals surface area contributed by atoms with Crippen molar-refractivity contribution in [1.82, 2.24) is 4.98 Å². The molecule has 1 fully saturated rings. The lowest BCUT2D eigenvalue weighted by molar-refractivity contribution is -0.0221. The molecule has 0 unspecified atom stereocenters. The third-order valence-corrected chi connectivity index (χ3v) is 12.4. The fourth-order valence-corrected chi connectivity index (χ4v) is 9.74. The van der Waals surface area contributed by atoms with Crippen LogP contribution < -0.4 is 4.90 Å². The van der Waals surface area contributed by atoms with Crippen molar-refractivity contribution in [2.24, 2.45) is 0 Å². The highest BCUT2D eigenvalue weighted by atomic mass is 28.3. The maximum absolute atomic E-state index is 13.5. The van der Waals surface area contributed by atoms with E-state index in [2.05, 4.69) is 58.0 Å². The summed E-state index contributed by atoms with van der Waals surface area (Å²) in [6.45, 7) is 13.6. The monoisotopic (exact) mass is 422 g/mol. The highest BCUT2D eigenvalue weighted by Gasteiger charge is 2.41. The Labute approximate surface area is 173 Å². The molecule has 160 valence electrons. The minimum absolute atomic E-state index is 0.0857. The molecule has 1 saturated heterocycles. The molecule has 0 amide bonds. The van der Waals surface area contributed by atoms with E-state index in [1.165, 1.54) is 12.1 Å². The van der Waals surface area contributed by atoms with Gasteiger partial charge in [0.1, 0.15) is 19.6 Å². The fraction of sp³-hybridized carbons (Fsp3) is 0.636. The topological polar surface area (TPSA) is 53.4 Å². The number of hydrogen-bond acceptors (Lipinski definition) is 3. The number of piperidine rings is 1. The van der Waals surface area contributed by atoms with Crippen LogP contribution in [0, 0.1) is 11.5 Å². The molecule has 2 heterocycles. The first-order valence-electron chi connectivity index (χ1n) is 10.3. The van der Waals surface area contributed by atoms with Crippen LogP contribution in [-0.4, -0.2) is 43.1 Å². The smallest absolute Gasteiger partial charge is 0.335 e. The van der Waals surface area contributed by atoms with E-state index in [1.54, 1.807) is 4.90 Å². The van der Waals surface area contributed by atoms with Crippen molar-refractivity contribution in [1.29, 1.82) is 0 Å².